The molecule has 0 spiro atoms. The molecule has 0 radical (unpaired) electrons. The van der Waals surface area contributed by atoms with Gasteiger partial charge >= 0.3 is 0 Å². The molecule has 0 saturated carbocycles. The quantitative estimate of drug-likeness (QED) is 0.831. The molecule has 0 aliphatic heterocycles. The number of rotatable bonds is 5. The Morgan fingerprint density at radius 3 is 2.24 bits per heavy atom. The maximum Gasteiger partial charge on any atom is 0.138 e. The smallest absolute Gasteiger partial charge is 0.138 e. The highest BCUT2D eigenvalue weighted by Gasteiger charge is 2.09. The third-order valence-electron chi connectivity index (χ3n) is 2.69. The monoisotopic (exact) mass is 255 g/mol. The fourth-order valence-corrected chi connectivity index (χ4v) is 1.59. The normalized spacial score (nSPS) is 12.9. The SMILES string of the molecule is CC(C)Oc1ccc(NC(C)C(C)C)cc1Cl. The summed E-state index contributed by atoms with van der Waals surface area (Å²) in [5.41, 5.74) is 1.03. The number of hydrogen-bond acceptors (Lipinski definition) is 2. The van der Waals surface area contributed by atoms with Gasteiger partial charge < -0.3 is 10.1 Å². The first-order valence-electron chi connectivity index (χ1n) is 6.13. The Morgan fingerprint density at radius 2 is 1.76 bits per heavy atom. The van der Waals surface area contributed by atoms with Crippen molar-refractivity contribution in [3.8, 4) is 5.75 Å². The molecule has 1 unspecified atom stereocenters. The molecular formula is C14H22ClNO. The minimum Gasteiger partial charge on any atom is -0.489 e. The van der Waals surface area contributed by atoms with E-state index in [1.807, 2.05) is 32.0 Å². The molecule has 1 aromatic rings. The summed E-state index contributed by atoms with van der Waals surface area (Å²) in [5, 5.41) is 4.08. The number of halogens is 1. The molecule has 3 heteroatoms. The summed E-state index contributed by atoms with van der Waals surface area (Å²) in [4.78, 5) is 0. The molecule has 2 nitrogen and oxygen atoms in total. The molecule has 0 saturated heterocycles. The minimum atomic E-state index is 0.140. The van der Waals surface area contributed by atoms with Crippen LogP contribution in [0.4, 0.5) is 5.69 Å². The van der Waals surface area contributed by atoms with Crippen molar-refractivity contribution in [2.75, 3.05) is 5.32 Å². The van der Waals surface area contributed by atoms with Crippen molar-refractivity contribution in [3.05, 3.63) is 23.2 Å². The van der Waals surface area contributed by atoms with Crippen LogP contribution in [0.2, 0.25) is 5.02 Å². The summed E-state index contributed by atoms with van der Waals surface area (Å²) in [6.45, 7) is 10.5. The van der Waals surface area contributed by atoms with Crippen molar-refractivity contribution in [1.29, 1.82) is 0 Å². The lowest BCUT2D eigenvalue weighted by atomic mass is 10.1. The molecule has 0 heterocycles. The molecule has 0 bridgehead atoms. The molecule has 1 atom stereocenters. The van der Waals surface area contributed by atoms with Gasteiger partial charge in [-0.25, -0.2) is 0 Å². The van der Waals surface area contributed by atoms with Crippen LogP contribution < -0.4 is 10.1 Å². The van der Waals surface area contributed by atoms with Crippen molar-refractivity contribution in [2.24, 2.45) is 5.92 Å². The van der Waals surface area contributed by atoms with Crippen LogP contribution >= 0.6 is 11.6 Å². The van der Waals surface area contributed by atoms with E-state index in [0.717, 1.165) is 11.4 Å². The first-order valence-corrected chi connectivity index (χ1v) is 6.50. The van der Waals surface area contributed by atoms with E-state index >= 15 is 0 Å². The Bertz CT molecular complexity index is 363. The lowest BCUT2D eigenvalue weighted by Gasteiger charge is -2.19. The van der Waals surface area contributed by atoms with Crippen molar-refractivity contribution in [3.63, 3.8) is 0 Å². The summed E-state index contributed by atoms with van der Waals surface area (Å²) in [7, 11) is 0. The van der Waals surface area contributed by atoms with Gasteiger partial charge in [0.2, 0.25) is 0 Å². The Kier molecular flexibility index (Phi) is 5.13. The lowest BCUT2D eigenvalue weighted by molar-refractivity contribution is 0.242. The second-order valence-electron chi connectivity index (χ2n) is 4.99. The molecule has 96 valence electrons. The molecule has 0 aliphatic rings. The van der Waals surface area contributed by atoms with E-state index in [9.17, 15) is 0 Å². The third-order valence-corrected chi connectivity index (χ3v) is 2.98. The van der Waals surface area contributed by atoms with Gasteiger partial charge in [0.15, 0.2) is 0 Å². The molecule has 1 N–H and O–H groups in total. The van der Waals surface area contributed by atoms with Gasteiger partial charge in [0.1, 0.15) is 5.75 Å². The van der Waals surface area contributed by atoms with Crippen LogP contribution in [0.1, 0.15) is 34.6 Å². The zero-order valence-electron chi connectivity index (χ0n) is 11.3. The van der Waals surface area contributed by atoms with Crippen molar-refractivity contribution < 1.29 is 4.74 Å². The lowest BCUT2D eigenvalue weighted by Crippen LogP contribution is -2.21. The van der Waals surface area contributed by atoms with Crippen LogP contribution in [0.15, 0.2) is 18.2 Å². The van der Waals surface area contributed by atoms with E-state index in [4.69, 9.17) is 16.3 Å². The minimum absolute atomic E-state index is 0.140. The van der Waals surface area contributed by atoms with Crippen LogP contribution in [-0.4, -0.2) is 12.1 Å². The highest BCUT2D eigenvalue weighted by Crippen LogP contribution is 2.29. The largest absolute Gasteiger partial charge is 0.489 e. The summed E-state index contributed by atoms with van der Waals surface area (Å²) in [5.74, 6) is 1.32. The van der Waals surface area contributed by atoms with Gasteiger partial charge in [-0.05, 0) is 44.9 Å². The van der Waals surface area contributed by atoms with Crippen LogP contribution in [0.25, 0.3) is 0 Å². The Hall–Kier alpha value is -0.890. The highest BCUT2D eigenvalue weighted by molar-refractivity contribution is 6.32. The van der Waals surface area contributed by atoms with Gasteiger partial charge in [-0.3, -0.25) is 0 Å². The number of hydrogen-bond donors (Lipinski definition) is 1. The van der Waals surface area contributed by atoms with Crippen LogP contribution in [0.3, 0.4) is 0 Å². The predicted octanol–water partition coefficient (Wildman–Crippen LogP) is 4.58. The number of nitrogens with one attached hydrogen (secondary N) is 1. The number of ether oxygens (including phenoxy) is 1. The average Bonchev–Trinajstić information content (AvgIpc) is 2.21. The highest BCUT2D eigenvalue weighted by atomic mass is 35.5. The summed E-state index contributed by atoms with van der Waals surface area (Å²) in [6.07, 6.45) is 0.140. The maximum atomic E-state index is 6.17. The van der Waals surface area contributed by atoms with E-state index < -0.39 is 0 Å². The van der Waals surface area contributed by atoms with Gasteiger partial charge in [-0.2, -0.15) is 0 Å². The predicted molar refractivity (Wildman–Crippen MR) is 75.1 cm³/mol. The van der Waals surface area contributed by atoms with Crippen LogP contribution in [-0.2, 0) is 0 Å². The van der Waals surface area contributed by atoms with Gasteiger partial charge in [0.05, 0.1) is 11.1 Å². The van der Waals surface area contributed by atoms with Crippen LogP contribution in [0, 0.1) is 5.92 Å². The van der Waals surface area contributed by atoms with Crippen molar-refractivity contribution in [2.45, 2.75) is 46.8 Å². The van der Waals surface area contributed by atoms with E-state index in [0.29, 0.717) is 17.0 Å². The first-order chi connectivity index (χ1) is 7.90. The summed E-state index contributed by atoms with van der Waals surface area (Å²) < 4.78 is 5.59. The zero-order valence-corrected chi connectivity index (χ0v) is 12.0. The number of benzene rings is 1. The van der Waals surface area contributed by atoms with Gasteiger partial charge in [-0.1, -0.05) is 25.4 Å². The molecule has 0 amide bonds. The third kappa shape index (κ3) is 4.47. The standard InChI is InChI=1S/C14H22ClNO/c1-9(2)11(5)16-12-6-7-14(13(15)8-12)17-10(3)4/h6-11,16H,1-5H3. The molecule has 0 aromatic heterocycles. The molecule has 1 rings (SSSR count). The van der Waals surface area contributed by atoms with Gasteiger partial charge in [-0.15, -0.1) is 0 Å². The average molecular weight is 256 g/mol. The molecule has 17 heavy (non-hydrogen) atoms. The van der Waals surface area contributed by atoms with E-state index in [1.54, 1.807) is 0 Å². The molecule has 1 aromatic carbocycles. The number of anilines is 1. The second-order valence-corrected chi connectivity index (χ2v) is 5.40. The fourth-order valence-electron chi connectivity index (χ4n) is 1.37. The molecular weight excluding hydrogens is 234 g/mol. The fraction of sp³-hybridized carbons (Fsp3) is 0.571. The van der Waals surface area contributed by atoms with Gasteiger partial charge in [0.25, 0.3) is 0 Å². The zero-order chi connectivity index (χ0) is 13.0. The van der Waals surface area contributed by atoms with Crippen LogP contribution in [0.5, 0.6) is 5.75 Å². The topological polar surface area (TPSA) is 21.3 Å². The second kappa shape index (κ2) is 6.15. The summed E-state index contributed by atoms with van der Waals surface area (Å²) >= 11 is 6.17. The Morgan fingerprint density at radius 1 is 1.12 bits per heavy atom. The van der Waals surface area contributed by atoms with E-state index in [1.165, 1.54) is 0 Å². The van der Waals surface area contributed by atoms with E-state index in [2.05, 4.69) is 26.1 Å². The Balaban J connectivity index is 2.75. The Labute approximate surface area is 109 Å². The van der Waals surface area contributed by atoms with Crippen molar-refractivity contribution >= 4 is 17.3 Å². The molecule has 0 fully saturated rings. The van der Waals surface area contributed by atoms with Crippen molar-refractivity contribution in [1.82, 2.24) is 0 Å². The van der Waals surface area contributed by atoms with Gasteiger partial charge in [0, 0.05) is 11.7 Å². The summed E-state index contributed by atoms with van der Waals surface area (Å²) in [6, 6.07) is 6.25. The first kappa shape index (κ1) is 14.2. The molecule has 0 aliphatic carbocycles. The van der Waals surface area contributed by atoms with E-state index in [-0.39, 0.29) is 6.10 Å². The maximum absolute atomic E-state index is 6.17.